The maximum absolute atomic E-state index is 11.9. The third-order valence-electron chi connectivity index (χ3n) is 5.75. The molecule has 0 amide bonds. The van der Waals surface area contributed by atoms with Gasteiger partial charge in [-0.1, -0.05) is 39.8 Å². The SMILES string of the molecule is CCc1cc(C=O)c(C(C)(C)c2[nH]c3cc(C#N)ccc3c2C)cc1CC. The van der Waals surface area contributed by atoms with Gasteiger partial charge < -0.3 is 4.98 Å². The van der Waals surface area contributed by atoms with Gasteiger partial charge in [-0.15, -0.1) is 0 Å². The maximum atomic E-state index is 11.9. The molecule has 0 radical (unpaired) electrons. The molecule has 0 fully saturated rings. The van der Waals surface area contributed by atoms with Gasteiger partial charge in [0.15, 0.2) is 0 Å². The molecule has 27 heavy (non-hydrogen) atoms. The number of nitriles is 1. The fourth-order valence-corrected chi connectivity index (χ4v) is 4.17. The first kappa shape index (κ1) is 18.9. The number of aryl methyl sites for hydroxylation is 3. The van der Waals surface area contributed by atoms with Crippen LogP contribution < -0.4 is 0 Å². The van der Waals surface area contributed by atoms with E-state index in [2.05, 4.69) is 57.8 Å². The van der Waals surface area contributed by atoms with Crippen LogP contribution in [-0.4, -0.2) is 11.3 Å². The lowest BCUT2D eigenvalue weighted by molar-refractivity contribution is 0.112. The Morgan fingerprint density at radius 1 is 1.11 bits per heavy atom. The third kappa shape index (κ3) is 3.06. The smallest absolute Gasteiger partial charge is 0.150 e. The number of hydrogen-bond donors (Lipinski definition) is 1. The van der Waals surface area contributed by atoms with Crippen molar-refractivity contribution >= 4 is 17.2 Å². The van der Waals surface area contributed by atoms with Crippen molar-refractivity contribution in [3.05, 3.63) is 69.4 Å². The third-order valence-corrected chi connectivity index (χ3v) is 5.75. The Kier molecular flexibility index (Phi) is 4.93. The number of carbonyl (C=O) groups is 1. The first-order valence-electron chi connectivity index (χ1n) is 9.51. The lowest BCUT2D eigenvalue weighted by Crippen LogP contribution is -2.23. The fourth-order valence-electron chi connectivity index (χ4n) is 4.17. The summed E-state index contributed by atoms with van der Waals surface area (Å²) >= 11 is 0. The second kappa shape index (κ2) is 7.04. The van der Waals surface area contributed by atoms with Crippen molar-refractivity contribution in [1.82, 2.24) is 4.98 Å². The van der Waals surface area contributed by atoms with Gasteiger partial charge >= 0.3 is 0 Å². The first-order chi connectivity index (χ1) is 12.9. The van der Waals surface area contributed by atoms with E-state index in [0.717, 1.165) is 52.4 Å². The van der Waals surface area contributed by atoms with Crippen LogP contribution in [0.3, 0.4) is 0 Å². The molecule has 1 N–H and O–H groups in total. The molecule has 0 saturated heterocycles. The van der Waals surface area contributed by atoms with Crippen LogP contribution in [0.4, 0.5) is 0 Å². The zero-order valence-electron chi connectivity index (χ0n) is 16.7. The predicted molar refractivity (Wildman–Crippen MR) is 110 cm³/mol. The largest absolute Gasteiger partial charge is 0.357 e. The minimum Gasteiger partial charge on any atom is -0.357 e. The highest BCUT2D eigenvalue weighted by atomic mass is 16.1. The van der Waals surface area contributed by atoms with Crippen molar-refractivity contribution in [2.75, 3.05) is 0 Å². The van der Waals surface area contributed by atoms with E-state index in [1.165, 1.54) is 11.1 Å². The van der Waals surface area contributed by atoms with Gasteiger partial charge in [-0.25, -0.2) is 0 Å². The molecule has 0 aliphatic carbocycles. The van der Waals surface area contributed by atoms with Gasteiger partial charge in [-0.05, 0) is 60.2 Å². The van der Waals surface area contributed by atoms with Crippen LogP contribution >= 0.6 is 0 Å². The van der Waals surface area contributed by atoms with Crippen molar-refractivity contribution in [2.24, 2.45) is 0 Å². The number of aldehydes is 1. The maximum Gasteiger partial charge on any atom is 0.150 e. The van der Waals surface area contributed by atoms with E-state index in [0.29, 0.717) is 5.56 Å². The molecule has 3 nitrogen and oxygen atoms in total. The fraction of sp³-hybridized carbons (Fsp3) is 0.333. The average molecular weight is 358 g/mol. The number of nitrogens with zero attached hydrogens (tertiary/aromatic N) is 1. The minimum atomic E-state index is -0.359. The van der Waals surface area contributed by atoms with Gasteiger partial charge in [-0.3, -0.25) is 4.79 Å². The Balaban J connectivity index is 2.25. The van der Waals surface area contributed by atoms with E-state index in [4.69, 9.17) is 0 Å². The molecule has 0 atom stereocenters. The number of fused-ring (bicyclic) bond motifs is 1. The molecule has 3 heteroatoms. The van der Waals surface area contributed by atoms with Crippen LogP contribution in [0.15, 0.2) is 30.3 Å². The van der Waals surface area contributed by atoms with Gasteiger partial charge in [0.1, 0.15) is 6.29 Å². The van der Waals surface area contributed by atoms with Crippen molar-refractivity contribution in [1.29, 1.82) is 5.26 Å². The number of hydrogen-bond acceptors (Lipinski definition) is 2. The molecule has 0 unspecified atom stereocenters. The summed E-state index contributed by atoms with van der Waals surface area (Å²) < 4.78 is 0. The van der Waals surface area contributed by atoms with Crippen molar-refractivity contribution in [3.63, 3.8) is 0 Å². The first-order valence-corrected chi connectivity index (χ1v) is 9.51. The van der Waals surface area contributed by atoms with Gasteiger partial charge in [0.2, 0.25) is 0 Å². The summed E-state index contributed by atoms with van der Waals surface area (Å²) in [5.74, 6) is 0. The molecular formula is C24H26N2O. The molecule has 1 heterocycles. The average Bonchev–Trinajstić information content (AvgIpc) is 3.03. The van der Waals surface area contributed by atoms with Gasteiger partial charge in [0.05, 0.1) is 11.6 Å². The highest BCUT2D eigenvalue weighted by Gasteiger charge is 2.30. The number of rotatable bonds is 5. The van der Waals surface area contributed by atoms with Crippen molar-refractivity contribution in [3.8, 4) is 6.07 Å². The highest BCUT2D eigenvalue weighted by molar-refractivity contribution is 5.87. The molecule has 2 aromatic carbocycles. The highest BCUT2D eigenvalue weighted by Crippen LogP contribution is 2.38. The van der Waals surface area contributed by atoms with E-state index in [9.17, 15) is 10.1 Å². The summed E-state index contributed by atoms with van der Waals surface area (Å²) in [6, 6.07) is 12.2. The van der Waals surface area contributed by atoms with Crippen LogP contribution in [-0.2, 0) is 18.3 Å². The van der Waals surface area contributed by atoms with Crippen LogP contribution in [0.5, 0.6) is 0 Å². The predicted octanol–water partition coefficient (Wildman–Crippen LogP) is 5.61. The van der Waals surface area contributed by atoms with E-state index < -0.39 is 0 Å². The summed E-state index contributed by atoms with van der Waals surface area (Å²) in [5.41, 5.74) is 7.83. The minimum absolute atomic E-state index is 0.359. The second-order valence-electron chi connectivity index (χ2n) is 7.66. The summed E-state index contributed by atoms with van der Waals surface area (Å²) in [7, 11) is 0. The number of aromatic nitrogens is 1. The molecule has 0 aliphatic heterocycles. The lowest BCUT2D eigenvalue weighted by Gasteiger charge is -2.28. The molecule has 0 aliphatic rings. The standard InChI is InChI=1S/C24H26N2O/c1-6-17-11-19(14-27)21(12-18(17)7-2)24(4,5)23-15(3)20-9-8-16(13-25)10-22(20)26-23/h8-12,14,26H,6-7H2,1-5H3. The summed E-state index contributed by atoms with van der Waals surface area (Å²) in [5, 5.41) is 10.3. The molecule has 1 aromatic heterocycles. The molecule has 3 rings (SSSR count). The number of aromatic amines is 1. The molecule has 138 valence electrons. The van der Waals surface area contributed by atoms with Crippen LogP contribution in [0.1, 0.15) is 71.6 Å². The monoisotopic (exact) mass is 358 g/mol. The van der Waals surface area contributed by atoms with Crippen LogP contribution in [0, 0.1) is 18.3 Å². The normalized spacial score (nSPS) is 11.6. The lowest BCUT2D eigenvalue weighted by atomic mass is 9.76. The zero-order chi connectivity index (χ0) is 19.8. The summed E-state index contributed by atoms with van der Waals surface area (Å²) in [4.78, 5) is 15.4. The Labute approximate surface area is 161 Å². The zero-order valence-corrected chi connectivity index (χ0v) is 16.7. The molecule has 0 spiro atoms. The van der Waals surface area contributed by atoms with E-state index in [1.54, 1.807) is 0 Å². The molecule has 0 bridgehead atoms. The Bertz CT molecular complexity index is 1060. The molecule has 0 saturated carbocycles. The van der Waals surface area contributed by atoms with Gasteiger partial charge in [0, 0.05) is 27.6 Å². The Morgan fingerprint density at radius 3 is 2.37 bits per heavy atom. The quantitative estimate of drug-likeness (QED) is 0.603. The van der Waals surface area contributed by atoms with Gasteiger partial charge in [-0.2, -0.15) is 5.26 Å². The van der Waals surface area contributed by atoms with E-state index >= 15 is 0 Å². The van der Waals surface area contributed by atoms with Gasteiger partial charge in [0.25, 0.3) is 0 Å². The summed E-state index contributed by atoms with van der Waals surface area (Å²) in [6.07, 6.45) is 2.84. The van der Waals surface area contributed by atoms with Crippen LogP contribution in [0.2, 0.25) is 0 Å². The second-order valence-corrected chi connectivity index (χ2v) is 7.66. The molecule has 3 aromatic rings. The van der Waals surface area contributed by atoms with E-state index in [1.807, 2.05) is 18.2 Å². The molecular weight excluding hydrogens is 332 g/mol. The Morgan fingerprint density at radius 2 is 1.78 bits per heavy atom. The number of H-pyrrole nitrogens is 1. The van der Waals surface area contributed by atoms with Crippen LogP contribution in [0.25, 0.3) is 10.9 Å². The number of benzene rings is 2. The van der Waals surface area contributed by atoms with Crippen molar-refractivity contribution in [2.45, 2.75) is 52.9 Å². The number of carbonyl (C=O) groups excluding carboxylic acids is 1. The topological polar surface area (TPSA) is 56.6 Å². The van der Waals surface area contributed by atoms with E-state index in [-0.39, 0.29) is 5.41 Å². The number of nitrogens with one attached hydrogen (secondary N) is 1. The summed E-state index contributed by atoms with van der Waals surface area (Å²) in [6.45, 7) is 10.7. The van der Waals surface area contributed by atoms with Crippen molar-refractivity contribution < 1.29 is 4.79 Å². The Hall–Kier alpha value is -2.86.